The largest absolute Gasteiger partial charge is 2.00 e. The Morgan fingerprint density at radius 2 is 1.05 bits per heavy atom. The molecule has 0 aromatic rings. The van der Waals surface area contributed by atoms with Crippen molar-refractivity contribution >= 4 is 0 Å². The molecule has 0 aromatic heterocycles. The van der Waals surface area contributed by atoms with Gasteiger partial charge in [0.25, 0.3) is 0 Å². The Bertz CT molecular complexity index is 314. The Labute approximate surface area is 136 Å². The molecular formula is C18H22Zr. The van der Waals surface area contributed by atoms with Crippen LogP contribution >= 0.6 is 0 Å². The SMILES string of the molecule is C1=CC2[CH-]CCC2C=C1.C1=CC2[CH-]CCC2C=C1.[Zr+2]. The van der Waals surface area contributed by atoms with Crippen LogP contribution in [0, 0.1) is 36.5 Å². The minimum atomic E-state index is 0. The van der Waals surface area contributed by atoms with Gasteiger partial charge in [0, 0.05) is 0 Å². The summed E-state index contributed by atoms with van der Waals surface area (Å²) in [6, 6.07) is 0. The molecular weight excluding hydrogens is 307 g/mol. The average Bonchev–Trinajstić information content (AvgIpc) is 3.08. The predicted molar refractivity (Wildman–Crippen MR) is 77.6 cm³/mol. The Balaban J connectivity index is 0.000000133. The van der Waals surface area contributed by atoms with Crippen LogP contribution in [0.5, 0.6) is 0 Å². The van der Waals surface area contributed by atoms with Crippen molar-refractivity contribution < 1.29 is 26.2 Å². The summed E-state index contributed by atoms with van der Waals surface area (Å²) in [5, 5.41) is 0. The predicted octanol–water partition coefficient (Wildman–Crippen LogP) is 4.68. The van der Waals surface area contributed by atoms with Crippen molar-refractivity contribution in [2.24, 2.45) is 23.7 Å². The standard InChI is InChI=1S/2C9H11.Zr/c2*1-2-5-9-7-3-6-8(9)4-1;/h2*1-2,4-6,8-9H,3,7H2;/q2*-1;+2. The third kappa shape index (κ3) is 3.91. The van der Waals surface area contributed by atoms with Crippen LogP contribution < -0.4 is 0 Å². The molecule has 0 aromatic carbocycles. The van der Waals surface area contributed by atoms with Gasteiger partial charge in [-0.2, -0.15) is 12.8 Å². The smallest absolute Gasteiger partial charge is 0.321 e. The van der Waals surface area contributed by atoms with E-state index in [9.17, 15) is 0 Å². The molecule has 98 valence electrons. The first-order valence-corrected chi connectivity index (χ1v) is 7.30. The van der Waals surface area contributed by atoms with Crippen LogP contribution in [-0.2, 0) is 26.2 Å². The molecule has 0 radical (unpaired) electrons. The maximum Gasteiger partial charge on any atom is 2.00 e. The van der Waals surface area contributed by atoms with E-state index in [-0.39, 0.29) is 26.2 Å². The van der Waals surface area contributed by atoms with Crippen molar-refractivity contribution in [2.45, 2.75) is 25.7 Å². The normalized spacial score (nSPS) is 37.1. The van der Waals surface area contributed by atoms with Gasteiger partial charge in [0.15, 0.2) is 0 Å². The van der Waals surface area contributed by atoms with E-state index < -0.39 is 0 Å². The van der Waals surface area contributed by atoms with Gasteiger partial charge in [-0.15, -0.1) is 24.0 Å². The molecule has 4 unspecified atom stereocenters. The monoisotopic (exact) mass is 328 g/mol. The van der Waals surface area contributed by atoms with Gasteiger partial charge in [-0.25, -0.2) is 0 Å². The number of hydrogen-bond donors (Lipinski definition) is 0. The van der Waals surface area contributed by atoms with E-state index in [1.54, 1.807) is 0 Å². The Kier molecular flexibility index (Phi) is 6.08. The van der Waals surface area contributed by atoms with Crippen molar-refractivity contribution in [3.63, 3.8) is 0 Å². The summed E-state index contributed by atoms with van der Waals surface area (Å²) in [7, 11) is 0. The van der Waals surface area contributed by atoms with Crippen molar-refractivity contribution in [1.29, 1.82) is 0 Å². The van der Waals surface area contributed by atoms with Crippen LogP contribution in [0.1, 0.15) is 25.7 Å². The van der Waals surface area contributed by atoms with Crippen molar-refractivity contribution in [3.05, 3.63) is 61.4 Å². The van der Waals surface area contributed by atoms with Crippen LogP contribution in [0.2, 0.25) is 0 Å². The van der Waals surface area contributed by atoms with Gasteiger partial charge in [-0.05, 0) is 11.8 Å². The quantitative estimate of drug-likeness (QED) is 0.566. The van der Waals surface area contributed by atoms with E-state index in [1.165, 1.54) is 25.7 Å². The molecule has 4 rings (SSSR count). The topological polar surface area (TPSA) is 0 Å². The number of allylic oxidation sites excluding steroid dienone is 8. The molecule has 0 aliphatic heterocycles. The second kappa shape index (κ2) is 7.58. The molecule has 19 heavy (non-hydrogen) atoms. The molecule has 4 aliphatic rings. The second-order valence-electron chi connectivity index (χ2n) is 5.65. The fraction of sp³-hybridized carbons (Fsp3) is 0.444. The minimum Gasteiger partial charge on any atom is -0.321 e. The van der Waals surface area contributed by atoms with Gasteiger partial charge in [0.05, 0.1) is 0 Å². The minimum absolute atomic E-state index is 0. The summed E-state index contributed by atoms with van der Waals surface area (Å²) in [5.74, 6) is 3.23. The van der Waals surface area contributed by atoms with E-state index in [0.29, 0.717) is 0 Å². The number of rotatable bonds is 0. The summed E-state index contributed by atoms with van der Waals surface area (Å²) < 4.78 is 0. The van der Waals surface area contributed by atoms with Crippen molar-refractivity contribution in [2.75, 3.05) is 0 Å². The molecule has 0 amide bonds. The van der Waals surface area contributed by atoms with Crippen LogP contribution in [-0.4, -0.2) is 0 Å². The van der Waals surface area contributed by atoms with Gasteiger partial charge in [-0.1, -0.05) is 49.3 Å². The average molecular weight is 330 g/mol. The molecule has 0 saturated heterocycles. The van der Waals surface area contributed by atoms with Gasteiger partial charge in [-0.3, -0.25) is 0 Å². The fourth-order valence-electron chi connectivity index (χ4n) is 3.39. The maximum absolute atomic E-state index is 2.42. The molecule has 4 atom stereocenters. The van der Waals surface area contributed by atoms with Crippen LogP contribution in [0.4, 0.5) is 0 Å². The summed E-state index contributed by atoms with van der Waals surface area (Å²) in [6.07, 6.45) is 28.1. The fourth-order valence-corrected chi connectivity index (χ4v) is 3.39. The second-order valence-corrected chi connectivity index (χ2v) is 5.65. The third-order valence-electron chi connectivity index (χ3n) is 4.47. The van der Waals surface area contributed by atoms with Crippen LogP contribution in [0.25, 0.3) is 0 Å². The molecule has 4 aliphatic carbocycles. The van der Waals surface area contributed by atoms with E-state index in [2.05, 4.69) is 61.4 Å². The Morgan fingerprint density at radius 1 is 0.632 bits per heavy atom. The van der Waals surface area contributed by atoms with Gasteiger partial charge in [0.2, 0.25) is 0 Å². The van der Waals surface area contributed by atoms with Gasteiger partial charge in [0.1, 0.15) is 0 Å². The molecule has 0 nitrogen and oxygen atoms in total. The van der Waals surface area contributed by atoms with E-state index in [0.717, 1.165) is 23.7 Å². The Hall–Kier alpha value is -0.157. The molecule has 1 heteroatoms. The van der Waals surface area contributed by atoms with Crippen LogP contribution in [0.3, 0.4) is 0 Å². The van der Waals surface area contributed by atoms with E-state index >= 15 is 0 Å². The zero-order chi connectivity index (χ0) is 12.2. The molecule has 0 N–H and O–H groups in total. The summed E-state index contributed by atoms with van der Waals surface area (Å²) in [4.78, 5) is 0. The first-order valence-electron chi connectivity index (χ1n) is 7.30. The molecule has 2 fully saturated rings. The third-order valence-corrected chi connectivity index (χ3v) is 4.47. The molecule has 0 bridgehead atoms. The number of fused-ring (bicyclic) bond motifs is 2. The van der Waals surface area contributed by atoms with Crippen LogP contribution in [0.15, 0.2) is 48.6 Å². The summed E-state index contributed by atoms with van der Waals surface area (Å²) >= 11 is 0. The van der Waals surface area contributed by atoms with E-state index in [4.69, 9.17) is 0 Å². The maximum atomic E-state index is 2.42. The number of hydrogen-bond acceptors (Lipinski definition) is 0. The summed E-state index contributed by atoms with van der Waals surface area (Å²) in [5.41, 5.74) is 0. The first-order chi connectivity index (χ1) is 8.93. The summed E-state index contributed by atoms with van der Waals surface area (Å²) in [6.45, 7) is 0. The van der Waals surface area contributed by atoms with Crippen molar-refractivity contribution in [3.8, 4) is 0 Å². The Morgan fingerprint density at radius 3 is 1.47 bits per heavy atom. The first kappa shape index (κ1) is 15.2. The zero-order valence-electron chi connectivity index (χ0n) is 11.4. The molecule has 2 saturated carbocycles. The zero-order valence-corrected chi connectivity index (χ0v) is 13.9. The van der Waals surface area contributed by atoms with Crippen molar-refractivity contribution in [1.82, 2.24) is 0 Å². The van der Waals surface area contributed by atoms with E-state index in [1.807, 2.05) is 0 Å². The molecule has 0 heterocycles. The van der Waals surface area contributed by atoms with Gasteiger partial charge < -0.3 is 12.8 Å². The molecule has 0 spiro atoms. The van der Waals surface area contributed by atoms with Gasteiger partial charge >= 0.3 is 26.2 Å².